The third-order valence-electron chi connectivity index (χ3n) is 5.31. The van der Waals surface area contributed by atoms with Crippen LogP contribution < -0.4 is 16.0 Å². The van der Waals surface area contributed by atoms with E-state index in [1.165, 1.54) is 12.8 Å². The Morgan fingerprint density at radius 3 is 2.42 bits per heavy atom. The van der Waals surface area contributed by atoms with E-state index in [4.69, 9.17) is 0 Å². The van der Waals surface area contributed by atoms with Gasteiger partial charge in [-0.25, -0.2) is 0 Å². The number of nitrogens with zero attached hydrogens (tertiary/aromatic N) is 1. The molecule has 2 heterocycles. The van der Waals surface area contributed by atoms with Crippen LogP contribution in [-0.2, 0) is 11.3 Å². The first kappa shape index (κ1) is 18.9. The van der Waals surface area contributed by atoms with Crippen LogP contribution >= 0.6 is 0 Å². The molecule has 0 unspecified atom stereocenters. The van der Waals surface area contributed by atoms with Crippen LogP contribution in [0.5, 0.6) is 0 Å². The summed E-state index contributed by atoms with van der Waals surface area (Å²) in [5.41, 5.74) is 1.68. The summed E-state index contributed by atoms with van der Waals surface area (Å²) in [5.74, 6) is 0.224. The zero-order valence-electron chi connectivity index (χ0n) is 15.4. The van der Waals surface area contributed by atoms with Crippen LogP contribution in [-0.4, -0.2) is 56.0 Å². The summed E-state index contributed by atoms with van der Waals surface area (Å²) >= 11 is 0. The number of likely N-dealkylation sites (tertiary alicyclic amines) is 1. The highest BCUT2D eigenvalue weighted by atomic mass is 16.2. The first-order chi connectivity index (χ1) is 12.7. The minimum Gasteiger partial charge on any atom is -0.352 e. The molecule has 2 amide bonds. The maximum atomic E-state index is 12.2. The third kappa shape index (κ3) is 5.54. The lowest BCUT2D eigenvalue weighted by Gasteiger charge is -2.21. The van der Waals surface area contributed by atoms with E-state index in [1.54, 1.807) is 0 Å². The Bertz CT molecular complexity index is 590. The van der Waals surface area contributed by atoms with Gasteiger partial charge >= 0.3 is 0 Å². The summed E-state index contributed by atoms with van der Waals surface area (Å²) in [6, 6.07) is 7.49. The van der Waals surface area contributed by atoms with Crippen molar-refractivity contribution in [3.63, 3.8) is 0 Å². The summed E-state index contributed by atoms with van der Waals surface area (Å²) in [5, 5.41) is 9.26. The molecule has 1 aromatic carbocycles. The van der Waals surface area contributed by atoms with Gasteiger partial charge in [-0.3, -0.25) is 9.59 Å². The van der Waals surface area contributed by atoms with Gasteiger partial charge in [-0.1, -0.05) is 12.1 Å². The first-order valence-corrected chi connectivity index (χ1v) is 9.80. The highest BCUT2D eigenvalue weighted by molar-refractivity contribution is 5.94. The second kappa shape index (κ2) is 9.69. The smallest absolute Gasteiger partial charge is 0.251 e. The highest BCUT2D eigenvalue weighted by Crippen LogP contribution is 2.12. The molecule has 0 aromatic heterocycles. The van der Waals surface area contributed by atoms with Crippen molar-refractivity contribution in [2.75, 3.05) is 39.3 Å². The van der Waals surface area contributed by atoms with E-state index in [9.17, 15) is 9.59 Å². The van der Waals surface area contributed by atoms with Gasteiger partial charge in [0.1, 0.15) is 0 Å². The maximum Gasteiger partial charge on any atom is 0.251 e. The molecule has 2 fully saturated rings. The van der Waals surface area contributed by atoms with Crippen molar-refractivity contribution in [1.82, 2.24) is 20.9 Å². The molecule has 0 radical (unpaired) electrons. The van der Waals surface area contributed by atoms with Gasteiger partial charge in [0.05, 0.1) is 0 Å². The molecule has 3 rings (SSSR count). The molecule has 0 saturated carbocycles. The molecule has 6 heteroatoms. The van der Waals surface area contributed by atoms with E-state index in [0.29, 0.717) is 18.7 Å². The SMILES string of the molecule is O=C(NCCN1CCCC1)c1ccc(CNC(=O)C2CCNCC2)cc1. The fourth-order valence-corrected chi connectivity index (χ4v) is 3.63. The molecule has 0 atom stereocenters. The zero-order valence-corrected chi connectivity index (χ0v) is 15.4. The van der Waals surface area contributed by atoms with Crippen LogP contribution in [0.15, 0.2) is 24.3 Å². The average molecular weight is 358 g/mol. The molecule has 2 aliphatic heterocycles. The molecule has 142 valence electrons. The van der Waals surface area contributed by atoms with E-state index in [2.05, 4.69) is 20.9 Å². The van der Waals surface area contributed by atoms with Crippen molar-refractivity contribution in [3.05, 3.63) is 35.4 Å². The predicted molar refractivity (Wildman–Crippen MR) is 102 cm³/mol. The standard InChI is InChI=1S/C20H30N4O2/c25-19(22-11-14-24-12-1-2-13-24)17-5-3-16(4-6-17)15-23-20(26)18-7-9-21-10-8-18/h3-6,18,21H,1-2,7-15H2,(H,22,25)(H,23,26). The molecule has 0 spiro atoms. The van der Waals surface area contributed by atoms with Gasteiger partial charge < -0.3 is 20.9 Å². The van der Waals surface area contributed by atoms with Gasteiger partial charge in [0.15, 0.2) is 0 Å². The Hall–Kier alpha value is -1.92. The fourth-order valence-electron chi connectivity index (χ4n) is 3.63. The molecular weight excluding hydrogens is 328 g/mol. The second-order valence-electron chi connectivity index (χ2n) is 7.24. The maximum absolute atomic E-state index is 12.2. The van der Waals surface area contributed by atoms with Crippen LogP contribution in [0.4, 0.5) is 0 Å². The number of benzene rings is 1. The number of carbonyl (C=O) groups excluding carboxylic acids is 2. The largest absolute Gasteiger partial charge is 0.352 e. The van der Waals surface area contributed by atoms with Crippen molar-refractivity contribution in [1.29, 1.82) is 0 Å². The van der Waals surface area contributed by atoms with E-state index in [-0.39, 0.29) is 17.7 Å². The number of piperidine rings is 1. The normalized spacial score (nSPS) is 18.6. The lowest BCUT2D eigenvalue weighted by atomic mass is 9.97. The molecule has 2 aliphatic rings. The number of hydrogen-bond donors (Lipinski definition) is 3. The topological polar surface area (TPSA) is 73.5 Å². The van der Waals surface area contributed by atoms with Gasteiger partial charge in [0, 0.05) is 31.1 Å². The van der Waals surface area contributed by atoms with Crippen LogP contribution in [0, 0.1) is 5.92 Å². The Labute approximate surface area is 155 Å². The Morgan fingerprint density at radius 1 is 1.04 bits per heavy atom. The van der Waals surface area contributed by atoms with Crippen LogP contribution in [0.25, 0.3) is 0 Å². The minimum absolute atomic E-state index is 0.0329. The van der Waals surface area contributed by atoms with Crippen molar-refractivity contribution >= 4 is 11.8 Å². The van der Waals surface area contributed by atoms with E-state index >= 15 is 0 Å². The number of carbonyl (C=O) groups is 2. The van der Waals surface area contributed by atoms with Gasteiger partial charge in [0.25, 0.3) is 5.91 Å². The quantitative estimate of drug-likeness (QED) is 0.683. The van der Waals surface area contributed by atoms with Crippen molar-refractivity contribution in [2.24, 2.45) is 5.92 Å². The molecule has 0 bridgehead atoms. The molecule has 2 saturated heterocycles. The number of amides is 2. The minimum atomic E-state index is -0.0329. The summed E-state index contributed by atoms with van der Waals surface area (Å²) in [4.78, 5) is 26.7. The summed E-state index contributed by atoms with van der Waals surface area (Å²) in [6.45, 7) is 6.25. The zero-order chi connectivity index (χ0) is 18.2. The monoisotopic (exact) mass is 358 g/mol. The molecule has 0 aliphatic carbocycles. The van der Waals surface area contributed by atoms with Crippen molar-refractivity contribution in [3.8, 4) is 0 Å². The number of nitrogens with one attached hydrogen (secondary N) is 3. The van der Waals surface area contributed by atoms with E-state index in [1.807, 2.05) is 24.3 Å². The third-order valence-corrected chi connectivity index (χ3v) is 5.31. The predicted octanol–water partition coefficient (Wildman–Crippen LogP) is 1.13. The molecule has 26 heavy (non-hydrogen) atoms. The number of hydrogen-bond acceptors (Lipinski definition) is 4. The first-order valence-electron chi connectivity index (χ1n) is 9.80. The van der Waals surface area contributed by atoms with Crippen molar-refractivity contribution in [2.45, 2.75) is 32.2 Å². The summed E-state index contributed by atoms with van der Waals surface area (Å²) in [7, 11) is 0. The number of rotatable bonds is 7. The lowest BCUT2D eigenvalue weighted by molar-refractivity contribution is -0.125. The molecule has 6 nitrogen and oxygen atoms in total. The summed E-state index contributed by atoms with van der Waals surface area (Å²) in [6.07, 6.45) is 4.35. The van der Waals surface area contributed by atoms with Crippen molar-refractivity contribution < 1.29 is 9.59 Å². The highest BCUT2D eigenvalue weighted by Gasteiger charge is 2.20. The second-order valence-corrected chi connectivity index (χ2v) is 7.24. The fraction of sp³-hybridized carbons (Fsp3) is 0.600. The summed E-state index contributed by atoms with van der Waals surface area (Å²) < 4.78 is 0. The molecular formula is C20H30N4O2. The van der Waals surface area contributed by atoms with Gasteiger partial charge in [-0.05, 0) is 69.6 Å². The van der Waals surface area contributed by atoms with Gasteiger partial charge in [-0.15, -0.1) is 0 Å². The molecule has 3 N–H and O–H groups in total. The van der Waals surface area contributed by atoms with E-state index < -0.39 is 0 Å². The lowest BCUT2D eigenvalue weighted by Crippen LogP contribution is -2.37. The van der Waals surface area contributed by atoms with Crippen LogP contribution in [0.2, 0.25) is 0 Å². The van der Waals surface area contributed by atoms with Crippen LogP contribution in [0.1, 0.15) is 41.6 Å². The van der Waals surface area contributed by atoms with Gasteiger partial charge in [0.2, 0.25) is 5.91 Å². The average Bonchev–Trinajstić information content (AvgIpc) is 3.20. The molecule has 1 aromatic rings. The van der Waals surface area contributed by atoms with Crippen LogP contribution in [0.3, 0.4) is 0 Å². The van der Waals surface area contributed by atoms with E-state index in [0.717, 1.165) is 51.1 Å². The Morgan fingerprint density at radius 2 is 1.73 bits per heavy atom. The Kier molecular flexibility index (Phi) is 7.03. The van der Waals surface area contributed by atoms with Gasteiger partial charge in [-0.2, -0.15) is 0 Å². The Balaban J connectivity index is 1.39.